The van der Waals surface area contributed by atoms with E-state index < -0.39 is 0 Å². The molecule has 0 bridgehead atoms. The van der Waals surface area contributed by atoms with Crippen LogP contribution in [0.2, 0.25) is 0 Å². The first-order chi connectivity index (χ1) is 51.5. The first-order valence-electron chi connectivity index (χ1n) is 40.3. The van der Waals surface area contributed by atoms with Crippen LogP contribution < -0.4 is 5.56 Å². The number of ether oxygens (including phenoxy) is 7. The van der Waals surface area contributed by atoms with Crippen LogP contribution in [0.25, 0.3) is 0 Å². The number of hydrogen-bond donors (Lipinski definition) is 1. The fourth-order valence-corrected chi connectivity index (χ4v) is 8.85. The standard InChI is InChI=1S/2C13H19NO2.C12H18N2O2.C12H17NO3.C12H27N.C11H18N2O2.C9H18O.C9H20O/c1-10-7-11(5-6-14-10)8-16-9-12(15)13(2,3)4;1-10-5-6-11(7-14-10)8-16-9-12(15)13(2,3)4;1-9-13-5-10(6-14-9)7-16-8-11(15)12(2,3)4;1-12(2,3)10(14)8-16-7-9-5-4-6-11(15)13-9;1-7-13(8-2)10-9-11(3)12(4,5)6;1-11(2,3)10(14)8-15-7-5-9-4-6-12-13-9;1-9(2,3)7-8-5-4-6-10-8;1-8(6-7-10-5)9(2,3)4/h2*5-7H,8-9H2,1-4H3;5-6H,7-8H2,1-4H3;4-6H,7-8H2,1-3H3,(H,13,15);11H,7-10H2,1-6H3;6H,4-5,7-8H2,1-3H3;8H,4-7H2,1-3H3;8H,6-7H2,1-5H3. The molecule has 6 heterocycles. The lowest BCUT2D eigenvalue weighted by molar-refractivity contribution is -0.132. The zero-order valence-electron chi connectivity index (χ0n) is 76.2. The molecule has 0 radical (unpaired) electrons. The summed E-state index contributed by atoms with van der Waals surface area (Å²) in [6.07, 6.45) is 17.1. The Hall–Kier alpha value is -6.30. The number of methoxy groups -OCH3 is 1. The quantitative estimate of drug-likeness (QED) is 0.0476. The average molecular weight is 1570 g/mol. The Balaban J connectivity index is 0. The molecule has 638 valence electrons. The second-order valence-corrected chi connectivity index (χ2v) is 37.6. The van der Waals surface area contributed by atoms with Crippen molar-refractivity contribution in [2.75, 3.05) is 79.6 Å². The molecule has 0 amide bonds. The smallest absolute Gasteiger partial charge is 0.248 e. The number of Topliss-reactive ketones (excluding diaryl/α,β-unsaturated/α-hetero) is 5. The minimum absolute atomic E-state index is 0.0470. The number of aromatic amines is 1. The Morgan fingerprint density at radius 2 is 0.991 bits per heavy atom. The maximum atomic E-state index is 11.6. The highest BCUT2D eigenvalue weighted by Gasteiger charge is 2.27. The Kier molecular flexibility index (Phi) is 52.5. The van der Waals surface area contributed by atoms with Gasteiger partial charge in [0.15, 0.2) is 28.9 Å². The summed E-state index contributed by atoms with van der Waals surface area (Å²) in [6, 6.07) is 12.6. The molecule has 6 rings (SSSR count). The highest BCUT2D eigenvalue weighted by molar-refractivity contribution is 5.98. The van der Waals surface area contributed by atoms with Crippen LogP contribution in [0, 0.1) is 75.9 Å². The normalized spacial score (nSPS) is 14.2. The maximum Gasteiger partial charge on any atom is 0.248 e. The van der Waals surface area contributed by atoms with Gasteiger partial charge >= 0.3 is 0 Å². The fraction of sp³-hybridized carbons (Fsp3) is 0.714. The molecule has 21 nitrogen and oxygen atoms in total. The maximum absolute atomic E-state index is 11.6. The van der Waals surface area contributed by atoms with Crippen molar-refractivity contribution < 1.29 is 57.1 Å². The lowest BCUT2D eigenvalue weighted by Crippen LogP contribution is -2.28. The number of aromatic nitrogens is 5. The molecule has 3 unspecified atom stereocenters. The van der Waals surface area contributed by atoms with Crippen molar-refractivity contribution in [3.63, 3.8) is 0 Å². The molecule has 4 aromatic rings. The molecule has 0 saturated carbocycles. The van der Waals surface area contributed by atoms with Crippen molar-refractivity contribution in [2.24, 2.45) is 65.4 Å². The summed E-state index contributed by atoms with van der Waals surface area (Å²) in [6.45, 7) is 72.0. The van der Waals surface area contributed by atoms with Gasteiger partial charge in [-0.15, -0.1) is 0 Å². The number of aryl methyl sites for hydroxylation is 3. The molecule has 3 atom stereocenters. The Bertz CT molecular complexity index is 3280. The molecule has 4 aromatic heterocycles. The highest BCUT2D eigenvalue weighted by Crippen LogP contribution is 2.30. The number of pyridine rings is 3. The summed E-state index contributed by atoms with van der Waals surface area (Å²) in [7, 11) is 1.76. The van der Waals surface area contributed by atoms with Crippen molar-refractivity contribution in [1.29, 1.82) is 0 Å². The van der Waals surface area contributed by atoms with Crippen LogP contribution in [0.1, 0.15) is 278 Å². The van der Waals surface area contributed by atoms with Gasteiger partial charge in [-0.1, -0.05) is 206 Å². The molecule has 2 aliphatic heterocycles. The zero-order chi connectivity index (χ0) is 86.3. The lowest BCUT2D eigenvalue weighted by Gasteiger charge is -2.29. The molecular formula is C91H156N8O13. The average Bonchev–Trinajstić information content (AvgIpc) is 1.33. The van der Waals surface area contributed by atoms with E-state index in [1.165, 1.54) is 57.8 Å². The molecular weight excluding hydrogens is 1410 g/mol. The van der Waals surface area contributed by atoms with Crippen molar-refractivity contribution >= 4 is 40.8 Å². The summed E-state index contributed by atoms with van der Waals surface area (Å²) in [5, 5.41) is 7.68. The third-order valence-electron chi connectivity index (χ3n) is 18.5. The Morgan fingerprint density at radius 3 is 1.38 bits per heavy atom. The number of hydrogen-bond acceptors (Lipinski definition) is 20. The summed E-state index contributed by atoms with van der Waals surface area (Å²) in [5.41, 5.74) is 6.05. The van der Waals surface area contributed by atoms with Crippen LogP contribution in [0.4, 0.5) is 0 Å². The van der Waals surface area contributed by atoms with Crippen LogP contribution in [0.5, 0.6) is 0 Å². The van der Waals surface area contributed by atoms with Gasteiger partial charge < -0.3 is 43.0 Å². The van der Waals surface area contributed by atoms with E-state index in [9.17, 15) is 28.8 Å². The highest BCUT2D eigenvalue weighted by atomic mass is 16.5. The minimum Gasteiger partial charge on any atom is -0.385 e. The third kappa shape index (κ3) is 56.9. The van der Waals surface area contributed by atoms with Gasteiger partial charge in [0.25, 0.3) is 0 Å². The van der Waals surface area contributed by atoms with Crippen molar-refractivity contribution in [1.82, 2.24) is 29.8 Å². The van der Waals surface area contributed by atoms with Gasteiger partial charge in [0.1, 0.15) is 38.9 Å². The van der Waals surface area contributed by atoms with Crippen molar-refractivity contribution in [3.05, 3.63) is 117 Å². The second kappa shape index (κ2) is 54.5. The third-order valence-corrected chi connectivity index (χ3v) is 18.5. The van der Waals surface area contributed by atoms with Gasteiger partial charge in [0, 0.05) is 126 Å². The predicted octanol–water partition coefficient (Wildman–Crippen LogP) is 19.0. The fourth-order valence-electron chi connectivity index (χ4n) is 8.85. The second-order valence-electron chi connectivity index (χ2n) is 37.6. The van der Waals surface area contributed by atoms with Gasteiger partial charge in [-0.2, -0.15) is 10.2 Å². The van der Waals surface area contributed by atoms with Gasteiger partial charge in [0.2, 0.25) is 5.56 Å². The molecule has 112 heavy (non-hydrogen) atoms. The summed E-state index contributed by atoms with van der Waals surface area (Å²) in [5.74, 6) is 2.80. The number of nitrogens with zero attached hydrogens (tertiary/aromatic N) is 7. The van der Waals surface area contributed by atoms with Gasteiger partial charge in [-0.3, -0.25) is 38.7 Å². The van der Waals surface area contributed by atoms with E-state index in [-0.39, 0.29) is 101 Å². The summed E-state index contributed by atoms with van der Waals surface area (Å²) >= 11 is 0. The Labute approximate surface area is 678 Å². The van der Waals surface area contributed by atoms with Crippen LogP contribution in [0.3, 0.4) is 0 Å². The molecule has 1 fully saturated rings. The molecule has 2 aliphatic rings. The van der Waals surface area contributed by atoms with E-state index >= 15 is 0 Å². The number of rotatable bonds is 30. The van der Waals surface area contributed by atoms with Gasteiger partial charge in [0.05, 0.1) is 39.1 Å². The molecule has 21 heteroatoms. The number of H-pyrrole nitrogens is 1. The molecule has 0 aliphatic carbocycles. The summed E-state index contributed by atoms with van der Waals surface area (Å²) < 4.78 is 37.1. The number of ketones is 5. The van der Waals surface area contributed by atoms with E-state index in [2.05, 4.69) is 130 Å². The van der Waals surface area contributed by atoms with Crippen LogP contribution >= 0.6 is 0 Å². The Morgan fingerprint density at radius 1 is 0.536 bits per heavy atom. The van der Waals surface area contributed by atoms with Crippen molar-refractivity contribution in [2.45, 2.75) is 292 Å². The van der Waals surface area contributed by atoms with Crippen LogP contribution in [0.15, 0.2) is 82.2 Å². The zero-order valence-corrected chi connectivity index (χ0v) is 76.2. The monoisotopic (exact) mass is 1570 g/mol. The van der Waals surface area contributed by atoms with E-state index in [4.69, 9.17) is 33.2 Å². The number of nitrogens with one attached hydrogen (secondary N) is 1. The van der Waals surface area contributed by atoms with Gasteiger partial charge in [-0.05, 0) is 136 Å². The SMILES string of the molecule is CC(C)(C)C(=O)COCCC1=NN=CC1.CC(C)(C)C(=O)COCc1cccc(=O)[nH]1.CC(C)(C)CC1CCCO1.CCN(CC)CCC(C)C(C)(C)C.COCCC(C)C(C)(C)C.Cc1cc(COCC(=O)C(C)(C)C)ccn1.Cc1ccc(COCC(=O)C(C)(C)C)cn1.Cc1ncc(COCC(=O)C(C)(C)C)cn1. The topological polar surface area (TPSA) is 262 Å². The molecule has 1 N–H and O–H groups in total. The van der Waals surface area contributed by atoms with Crippen LogP contribution in [-0.4, -0.2) is 156 Å². The first kappa shape index (κ1) is 108. The number of carbonyl (C=O) groups is 5. The predicted molar refractivity (Wildman–Crippen MR) is 458 cm³/mol. The van der Waals surface area contributed by atoms with Crippen molar-refractivity contribution in [3.8, 4) is 0 Å². The lowest BCUT2D eigenvalue weighted by atomic mass is 9.80. The molecule has 0 aromatic carbocycles. The summed E-state index contributed by atoms with van der Waals surface area (Å²) in [4.78, 5) is 90.2. The van der Waals surface area contributed by atoms with E-state index in [0.717, 1.165) is 77.5 Å². The first-order valence-corrected chi connectivity index (χ1v) is 40.3. The largest absolute Gasteiger partial charge is 0.385 e. The van der Waals surface area contributed by atoms with Crippen LogP contribution in [-0.2, 0) is 83.6 Å². The van der Waals surface area contributed by atoms with E-state index in [0.29, 0.717) is 54.5 Å². The van der Waals surface area contributed by atoms with Gasteiger partial charge in [-0.25, -0.2) is 9.97 Å². The molecule has 0 spiro atoms. The van der Waals surface area contributed by atoms with E-state index in [1.807, 2.05) is 149 Å². The van der Waals surface area contributed by atoms with E-state index in [1.54, 1.807) is 50.2 Å². The minimum atomic E-state index is -0.385. The number of carbonyl (C=O) groups excluding carboxylic acids is 5. The molecule has 1 saturated heterocycles.